The smallest absolute Gasteiger partial charge is 0.418 e. The normalized spacial score (nSPS) is 24.3. The van der Waals surface area contributed by atoms with Crippen LogP contribution in [0.15, 0.2) is 47.9 Å². The number of hydrogen-bond acceptors (Lipinski definition) is 6. The van der Waals surface area contributed by atoms with Crippen molar-refractivity contribution in [3.63, 3.8) is 0 Å². The first kappa shape index (κ1) is 19.4. The summed E-state index contributed by atoms with van der Waals surface area (Å²) in [6, 6.07) is 6.37. The molecule has 2 aliphatic carbocycles. The van der Waals surface area contributed by atoms with E-state index in [-0.39, 0.29) is 28.6 Å². The minimum Gasteiger partial charge on any atom is -0.418 e. The van der Waals surface area contributed by atoms with Gasteiger partial charge in [0, 0.05) is 37.3 Å². The molecule has 0 amide bonds. The van der Waals surface area contributed by atoms with E-state index in [4.69, 9.17) is 0 Å². The summed E-state index contributed by atoms with van der Waals surface area (Å²) in [4.78, 5) is 39.4. The molecule has 0 spiro atoms. The Morgan fingerprint density at radius 2 is 1.69 bits per heavy atom. The summed E-state index contributed by atoms with van der Waals surface area (Å²) in [5.74, 6) is -5.24. The Bertz CT molecular complexity index is 945. The van der Waals surface area contributed by atoms with E-state index < -0.39 is 24.0 Å². The van der Waals surface area contributed by atoms with Crippen LogP contribution in [0, 0.1) is 11.8 Å². The van der Waals surface area contributed by atoms with Crippen LogP contribution in [0.3, 0.4) is 0 Å². The van der Waals surface area contributed by atoms with Crippen LogP contribution in [-0.4, -0.2) is 54.8 Å². The SMILES string of the molecule is O=C1c2ccccc2C(=O)C2C(N3CCNCC3)=C(OC(=O)C(F)(F)F)C=CC12. The molecular weight excluding hydrogens is 389 g/mol. The van der Waals surface area contributed by atoms with Crippen LogP contribution in [-0.2, 0) is 9.53 Å². The van der Waals surface area contributed by atoms with E-state index in [1.54, 1.807) is 23.1 Å². The number of ether oxygens (including phenoxy) is 1. The highest BCUT2D eigenvalue weighted by Gasteiger charge is 2.48. The third-order valence-corrected chi connectivity index (χ3v) is 5.30. The Labute approximate surface area is 164 Å². The number of fused-ring (bicyclic) bond motifs is 2. The number of piperazine rings is 1. The number of hydrogen-bond donors (Lipinski definition) is 1. The first-order chi connectivity index (χ1) is 13.8. The summed E-state index contributed by atoms with van der Waals surface area (Å²) >= 11 is 0. The summed E-state index contributed by atoms with van der Waals surface area (Å²) in [6.07, 6.45) is -2.63. The molecule has 1 saturated heterocycles. The predicted octanol–water partition coefficient (Wildman–Crippen LogP) is 2.09. The molecule has 1 aromatic rings. The van der Waals surface area contributed by atoms with Gasteiger partial charge in [-0.3, -0.25) is 9.59 Å². The van der Waals surface area contributed by atoms with E-state index in [1.165, 1.54) is 18.2 Å². The van der Waals surface area contributed by atoms with Crippen molar-refractivity contribution >= 4 is 17.5 Å². The van der Waals surface area contributed by atoms with Crippen molar-refractivity contribution in [3.05, 3.63) is 59.0 Å². The zero-order valence-electron chi connectivity index (χ0n) is 15.2. The quantitative estimate of drug-likeness (QED) is 0.759. The van der Waals surface area contributed by atoms with Gasteiger partial charge in [0.1, 0.15) is 0 Å². The topological polar surface area (TPSA) is 75.7 Å². The number of esters is 1. The van der Waals surface area contributed by atoms with Crippen molar-refractivity contribution < 1.29 is 32.3 Å². The summed E-state index contributed by atoms with van der Waals surface area (Å²) in [7, 11) is 0. The number of rotatable bonds is 2. The summed E-state index contributed by atoms with van der Waals surface area (Å²) in [5, 5.41) is 3.12. The molecule has 1 aliphatic heterocycles. The lowest BCUT2D eigenvalue weighted by atomic mass is 9.70. The van der Waals surface area contributed by atoms with Gasteiger partial charge >= 0.3 is 12.1 Å². The van der Waals surface area contributed by atoms with Crippen LogP contribution in [0.2, 0.25) is 0 Å². The van der Waals surface area contributed by atoms with Gasteiger partial charge in [0.2, 0.25) is 0 Å². The predicted molar refractivity (Wildman–Crippen MR) is 94.8 cm³/mol. The number of benzene rings is 1. The number of nitrogens with one attached hydrogen (secondary N) is 1. The molecule has 0 radical (unpaired) electrons. The standard InChI is InChI=1S/C20H17F3N2O4/c21-20(22,23)19(28)29-14-6-5-13-15(16(14)25-9-7-24-8-10-25)18(27)12-4-2-1-3-11(12)17(13)26/h1-6,13,15,24H,7-10H2. The van der Waals surface area contributed by atoms with Crippen molar-refractivity contribution in [2.45, 2.75) is 6.18 Å². The van der Waals surface area contributed by atoms with E-state index in [9.17, 15) is 27.6 Å². The van der Waals surface area contributed by atoms with Crippen LogP contribution in [0.5, 0.6) is 0 Å². The third kappa shape index (κ3) is 3.35. The van der Waals surface area contributed by atoms with Gasteiger partial charge < -0.3 is 15.0 Å². The molecule has 2 unspecified atom stereocenters. The highest BCUT2D eigenvalue weighted by molar-refractivity contribution is 6.17. The second-order valence-corrected chi connectivity index (χ2v) is 7.01. The van der Waals surface area contributed by atoms with Crippen LogP contribution < -0.4 is 5.32 Å². The summed E-state index contributed by atoms with van der Waals surface area (Å²) in [5.41, 5.74) is 0.673. The number of ketones is 2. The zero-order chi connectivity index (χ0) is 20.8. The van der Waals surface area contributed by atoms with Crippen molar-refractivity contribution in [2.24, 2.45) is 11.8 Å². The van der Waals surface area contributed by atoms with E-state index >= 15 is 0 Å². The average molecular weight is 406 g/mol. The second kappa shape index (κ2) is 7.14. The molecule has 1 fully saturated rings. The maximum Gasteiger partial charge on any atom is 0.491 e. The van der Waals surface area contributed by atoms with E-state index in [0.717, 1.165) is 0 Å². The maximum atomic E-state index is 13.3. The Kier molecular flexibility index (Phi) is 4.77. The Hall–Kier alpha value is -2.94. The molecule has 0 bridgehead atoms. The molecule has 152 valence electrons. The highest BCUT2D eigenvalue weighted by atomic mass is 19.4. The number of carbonyl (C=O) groups is 3. The van der Waals surface area contributed by atoms with Gasteiger partial charge in [-0.05, 0) is 6.08 Å². The minimum absolute atomic E-state index is 0.157. The lowest BCUT2D eigenvalue weighted by Gasteiger charge is -2.41. The number of Topliss-reactive ketones (excluding diaryl/α,β-unsaturated/α-hetero) is 2. The van der Waals surface area contributed by atoms with Crippen LogP contribution in [0.4, 0.5) is 13.2 Å². The first-order valence-corrected chi connectivity index (χ1v) is 9.13. The van der Waals surface area contributed by atoms with Gasteiger partial charge in [-0.25, -0.2) is 4.79 Å². The van der Waals surface area contributed by atoms with Crippen LogP contribution in [0.25, 0.3) is 0 Å². The van der Waals surface area contributed by atoms with Gasteiger partial charge in [-0.15, -0.1) is 0 Å². The fourth-order valence-electron chi connectivity index (χ4n) is 4.00. The molecule has 3 aliphatic rings. The molecular formula is C20H17F3N2O4. The fourth-order valence-corrected chi connectivity index (χ4v) is 4.00. The van der Waals surface area contributed by atoms with Crippen molar-refractivity contribution in [1.82, 2.24) is 10.2 Å². The number of alkyl halides is 3. The Balaban J connectivity index is 1.82. The Morgan fingerprint density at radius 1 is 1.07 bits per heavy atom. The van der Waals surface area contributed by atoms with Crippen molar-refractivity contribution in [1.29, 1.82) is 0 Å². The molecule has 1 heterocycles. The lowest BCUT2D eigenvalue weighted by Crippen LogP contribution is -2.49. The van der Waals surface area contributed by atoms with Gasteiger partial charge in [-0.2, -0.15) is 13.2 Å². The highest BCUT2D eigenvalue weighted by Crippen LogP contribution is 2.41. The largest absolute Gasteiger partial charge is 0.491 e. The molecule has 4 rings (SSSR count). The van der Waals surface area contributed by atoms with E-state index in [2.05, 4.69) is 10.1 Å². The second-order valence-electron chi connectivity index (χ2n) is 7.01. The van der Waals surface area contributed by atoms with E-state index in [0.29, 0.717) is 31.7 Å². The zero-order valence-corrected chi connectivity index (χ0v) is 15.2. The van der Waals surface area contributed by atoms with Crippen LogP contribution >= 0.6 is 0 Å². The lowest BCUT2D eigenvalue weighted by molar-refractivity contribution is -0.195. The first-order valence-electron chi connectivity index (χ1n) is 9.13. The summed E-state index contributed by atoms with van der Waals surface area (Å²) in [6.45, 7) is 1.90. The fraction of sp³-hybridized carbons (Fsp3) is 0.350. The summed E-state index contributed by atoms with van der Waals surface area (Å²) < 4.78 is 43.0. The van der Waals surface area contributed by atoms with Crippen LogP contribution in [0.1, 0.15) is 20.7 Å². The molecule has 0 aromatic heterocycles. The van der Waals surface area contributed by atoms with Crippen molar-refractivity contribution in [2.75, 3.05) is 26.2 Å². The molecule has 6 nitrogen and oxygen atoms in total. The molecule has 1 N–H and O–H groups in total. The van der Waals surface area contributed by atoms with Gasteiger partial charge in [0.25, 0.3) is 0 Å². The van der Waals surface area contributed by atoms with Crippen molar-refractivity contribution in [3.8, 4) is 0 Å². The van der Waals surface area contributed by atoms with Gasteiger partial charge in [0.15, 0.2) is 17.3 Å². The number of carbonyl (C=O) groups excluding carboxylic acids is 3. The third-order valence-electron chi connectivity index (χ3n) is 5.30. The van der Waals surface area contributed by atoms with Gasteiger partial charge in [-0.1, -0.05) is 30.3 Å². The molecule has 2 atom stereocenters. The van der Waals surface area contributed by atoms with E-state index in [1.807, 2.05) is 0 Å². The monoisotopic (exact) mass is 406 g/mol. The number of allylic oxidation sites excluding steroid dienone is 3. The molecule has 29 heavy (non-hydrogen) atoms. The number of halogens is 3. The molecule has 0 saturated carbocycles. The maximum absolute atomic E-state index is 13.3. The minimum atomic E-state index is -5.18. The molecule has 1 aromatic carbocycles. The van der Waals surface area contributed by atoms with Gasteiger partial charge in [0.05, 0.1) is 17.5 Å². The Morgan fingerprint density at radius 3 is 2.31 bits per heavy atom. The molecule has 9 heteroatoms. The average Bonchev–Trinajstić information content (AvgIpc) is 2.71. The number of nitrogens with zero attached hydrogens (tertiary/aromatic N) is 1.